The second kappa shape index (κ2) is 7.68. The third-order valence-corrected chi connectivity index (χ3v) is 4.91. The summed E-state index contributed by atoms with van der Waals surface area (Å²) >= 11 is 0. The molecule has 7 nitrogen and oxygen atoms in total. The molecular formula is C19H24N4O3. The van der Waals surface area contributed by atoms with Crippen LogP contribution in [0.3, 0.4) is 0 Å². The molecule has 0 bridgehead atoms. The number of pyridine rings is 1. The molecule has 0 spiro atoms. The van der Waals surface area contributed by atoms with Crippen LogP contribution in [0.25, 0.3) is 0 Å². The van der Waals surface area contributed by atoms with Gasteiger partial charge in [0.25, 0.3) is 0 Å². The summed E-state index contributed by atoms with van der Waals surface area (Å²) in [5.41, 5.74) is 0.955. The summed E-state index contributed by atoms with van der Waals surface area (Å²) in [7, 11) is 0. The number of furan rings is 1. The number of hydrogen-bond acceptors (Lipinski definition) is 5. The van der Waals surface area contributed by atoms with Crippen LogP contribution in [0.2, 0.25) is 0 Å². The van der Waals surface area contributed by atoms with E-state index in [0.29, 0.717) is 19.6 Å². The molecule has 2 fully saturated rings. The van der Waals surface area contributed by atoms with Crippen LogP contribution in [0, 0.1) is 0 Å². The summed E-state index contributed by atoms with van der Waals surface area (Å²) in [6.07, 6.45) is 8.28. The van der Waals surface area contributed by atoms with E-state index < -0.39 is 0 Å². The number of anilines is 1. The minimum atomic E-state index is -0.0664. The zero-order chi connectivity index (χ0) is 17.8. The van der Waals surface area contributed by atoms with Crippen molar-refractivity contribution in [3.05, 3.63) is 42.5 Å². The minimum absolute atomic E-state index is 0.000211. The molecule has 2 aliphatic heterocycles. The quantitative estimate of drug-likeness (QED) is 0.892. The number of amides is 2. The van der Waals surface area contributed by atoms with E-state index in [9.17, 15) is 4.79 Å². The first-order valence-corrected chi connectivity index (χ1v) is 9.20. The molecule has 2 aromatic heterocycles. The largest absolute Gasteiger partial charge is 0.485 e. The Bertz CT molecular complexity index is 728. The lowest BCUT2D eigenvalue weighted by molar-refractivity contribution is 0.186. The predicted molar refractivity (Wildman–Crippen MR) is 97.2 cm³/mol. The van der Waals surface area contributed by atoms with Gasteiger partial charge in [-0.25, -0.2) is 9.78 Å². The van der Waals surface area contributed by atoms with Crippen LogP contribution in [-0.4, -0.2) is 48.2 Å². The first-order chi connectivity index (χ1) is 12.8. The second-order valence-corrected chi connectivity index (χ2v) is 6.78. The highest BCUT2D eigenvalue weighted by atomic mass is 16.5. The van der Waals surface area contributed by atoms with Gasteiger partial charge in [0.05, 0.1) is 19.1 Å². The molecule has 4 heterocycles. The van der Waals surface area contributed by atoms with Crippen molar-refractivity contribution in [3.63, 3.8) is 0 Å². The molecule has 1 N–H and O–H groups in total. The number of ether oxygens (including phenoxy) is 1. The number of nitrogens with zero attached hydrogens (tertiary/aromatic N) is 3. The van der Waals surface area contributed by atoms with Crippen LogP contribution in [0.15, 0.2) is 41.3 Å². The number of likely N-dealkylation sites (tertiary alicyclic amines) is 1. The van der Waals surface area contributed by atoms with Crippen LogP contribution in [-0.2, 0) is 6.54 Å². The summed E-state index contributed by atoms with van der Waals surface area (Å²) in [5.74, 6) is 1.74. The zero-order valence-corrected chi connectivity index (χ0v) is 14.8. The molecule has 4 rings (SSSR count). The Labute approximate surface area is 152 Å². The van der Waals surface area contributed by atoms with E-state index in [1.54, 1.807) is 17.4 Å². The van der Waals surface area contributed by atoms with E-state index in [4.69, 9.17) is 9.15 Å². The number of carbonyl (C=O) groups is 1. The summed E-state index contributed by atoms with van der Waals surface area (Å²) in [4.78, 5) is 20.9. The van der Waals surface area contributed by atoms with Gasteiger partial charge < -0.3 is 24.3 Å². The Hall–Kier alpha value is -2.70. The standard InChI is InChI=1S/C19H24N4O3/c24-19(21-12-15-6-11-25-14-15)23-10-5-16(13-23)26-17-4-3-7-20-18(17)22-8-1-2-9-22/h3-4,6-7,11,14,16H,1-2,5,8-10,12-13H2,(H,21,24). The molecular weight excluding hydrogens is 332 g/mol. The molecule has 2 aliphatic rings. The number of aromatic nitrogens is 1. The molecule has 7 heteroatoms. The Kier molecular flexibility index (Phi) is 4.95. The van der Waals surface area contributed by atoms with Gasteiger partial charge in [0, 0.05) is 44.4 Å². The van der Waals surface area contributed by atoms with Crippen molar-refractivity contribution < 1.29 is 13.9 Å². The van der Waals surface area contributed by atoms with Gasteiger partial charge in [0.1, 0.15) is 6.10 Å². The van der Waals surface area contributed by atoms with Gasteiger partial charge in [-0.2, -0.15) is 0 Å². The highest BCUT2D eigenvalue weighted by molar-refractivity contribution is 5.74. The first-order valence-electron chi connectivity index (χ1n) is 9.20. The Morgan fingerprint density at radius 1 is 1.31 bits per heavy atom. The topological polar surface area (TPSA) is 70.8 Å². The minimum Gasteiger partial charge on any atom is -0.485 e. The van der Waals surface area contributed by atoms with E-state index in [-0.39, 0.29) is 12.1 Å². The maximum absolute atomic E-state index is 12.3. The van der Waals surface area contributed by atoms with Crippen LogP contribution >= 0.6 is 0 Å². The third-order valence-electron chi connectivity index (χ3n) is 4.91. The average molecular weight is 356 g/mol. The summed E-state index contributed by atoms with van der Waals surface area (Å²) in [5, 5.41) is 2.92. The SMILES string of the molecule is O=C(NCc1ccoc1)N1CCC(Oc2cccnc2N2CCCC2)C1. The number of rotatable bonds is 5. The number of hydrogen-bond donors (Lipinski definition) is 1. The molecule has 2 saturated heterocycles. The van der Waals surface area contributed by atoms with Crippen LogP contribution in [0.5, 0.6) is 5.75 Å². The van der Waals surface area contributed by atoms with Crippen molar-refractivity contribution in [1.29, 1.82) is 0 Å². The molecule has 0 aliphatic carbocycles. The van der Waals surface area contributed by atoms with E-state index in [1.165, 1.54) is 12.8 Å². The molecule has 0 aromatic carbocycles. The molecule has 1 unspecified atom stereocenters. The smallest absolute Gasteiger partial charge is 0.317 e. The molecule has 2 aromatic rings. The fraction of sp³-hybridized carbons (Fsp3) is 0.474. The maximum Gasteiger partial charge on any atom is 0.317 e. The van der Waals surface area contributed by atoms with Crippen LogP contribution in [0.1, 0.15) is 24.8 Å². The van der Waals surface area contributed by atoms with Crippen molar-refractivity contribution in [2.24, 2.45) is 0 Å². The van der Waals surface area contributed by atoms with Crippen molar-refractivity contribution in [3.8, 4) is 5.75 Å². The molecule has 2 amide bonds. The lowest BCUT2D eigenvalue weighted by Crippen LogP contribution is -2.39. The Morgan fingerprint density at radius 2 is 2.19 bits per heavy atom. The fourth-order valence-electron chi connectivity index (χ4n) is 3.51. The monoisotopic (exact) mass is 356 g/mol. The lowest BCUT2D eigenvalue weighted by atomic mass is 10.3. The normalized spacial score (nSPS) is 19.8. The maximum atomic E-state index is 12.3. The van der Waals surface area contributed by atoms with Gasteiger partial charge in [0.15, 0.2) is 11.6 Å². The predicted octanol–water partition coefficient (Wildman–Crippen LogP) is 2.64. The van der Waals surface area contributed by atoms with Crippen LogP contribution in [0.4, 0.5) is 10.6 Å². The van der Waals surface area contributed by atoms with Gasteiger partial charge in [0.2, 0.25) is 0 Å². The van der Waals surface area contributed by atoms with Gasteiger partial charge in [-0.1, -0.05) is 0 Å². The fourth-order valence-corrected chi connectivity index (χ4v) is 3.51. The summed E-state index contributed by atoms with van der Waals surface area (Å²) in [6, 6.07) is 5.66. The van der Waals surface area contributed by atoms with E-state index >= 15 is 0 Å². The van der Waals surface area contributed by atoms with Gasteiger partial charge >= 0.3 is 6.03 Å². The number of nitrogens with one attached hydrogen (secondary N) is 1. The van der Waals surface area contributed by atoms with Gasteiger partial charge in [-0.05, 0) is 31.0 Å². The molecule has 1 atom stereocenters. The first kappa shape index (κ1) is 16.8. The van der Waals surface area contributed by atoms with Crippen LogP contribution < -0.4 is 15.0 Å². The Balaban J connectivity index is 1.32. The van der Waals surface area contributed by atoms with E-state index in [2.05, 4.69) is 15.2 Å². The third kappa shape index (κ3) is 3.76. The zero-order valence-electron chi connectivity index (χ0n) is 14.8. The summed E-state index contributed by atoms with van der Waals surface area (Å²) in [6.45, 7) is 3.81. The highest BCUT2D eigenvalue weighted by Gasteiger charge is 2.29. The van der Waals surface area contributed by atoms with E-state index in [0.717, 1.165) is 36.6 Å². The van der Waals surface area contributed by atoms with Crippen molar-refractivity contribution >= 4 is 11.8 Å². The summed E-state index contributed by atoms with van der Waals surface area (Å²) < 4.78 is 11.2. The number of urea groups is 1. The van der Waals surface area contributed by atoms with Crippen molar-refractivity contribution in [1.82, 2.24) is 15.2 Å². The lowest BCUT2D eigenvalue weighted by Gasteiger charge is -2.22. The van der Waals surface area contributed by atoms with Crippen molar-refractivity contribution in [2.45, 2.75) is 31.9 Å². The molecule has 138 valence electrons. The van der Waals surface area contributed by atoms with E-state index in [1.807, 2.05) is 24.4 Å². The van der Waals surface area contributed by atoms with Gasteiger partial charge in [-0.3, -0.25) is 0 Å². The highest BCUT2D eigenvalue weighted by Crippen LogP contribution is 2.30. The molecule has 0 radical (unpaired) electrons. The molecule has 0 saturated carbocycles. The average Bonchev–Trinajstić information content (AvgIpc) is 3.42. The van der Waals surface area contributed by atoms with Crippen molar-refractivity contribution in [2.75, 3.05) is 31.1 Å². The number of carbonyl (C=O) groups excluding carboxylic acids is 1. The van der Waals surface area contributed by atoms with Gasteiger partial charge in [-0.15, -0.1) is 0 Å². The Morgan fingerprint density at radius 3 is 3.00 bits per heavy atom. The molecule has 26 heavy (non-hydrogen) atoms. The second-order valence-electron chi connectivity index (χ2n) is 6.78.